The van der Waals surface area contributed by atoms with Crippen LogP contribution >= 0.6 is 0 Å². The van der Waals surface area contributed by atoms with Crippen molar-refractivity contribution in [3.05, 3.63) is 34.9 Å². The minimum atomic E-state index is 0.604. The van der Waals surface area contributed by atoms with Crippen molar-refractivity contribution in [3.8, 4) is 0 Å². The summed E-state index contributed by atoms with van der Waals surface area (Å²) >= 11 is 0. The summed E-state index contributed by atoms with van der Waals surface area (Å²) in [5.41, 5.74) is 9.36. The van der Waals surface area contributed by atoms with Gasteiger partial charge in [-0.2, -0.15) is 0 Å². The van der Waals surface area contributed by atoms with E-state index in [1.807, 2.05) is 0 Å². The normalized spacial score (nSPS) is 10.5. The third-order valence-electron chi connectivity index (χ3n) is 2.28. The van der Waals surface area contributed by atoms with Gasteiger partial charge in [0.1, 0.15) is 0 Å². The fraction of sp³-hybridized carbons (Fsp3) is 0.500. The van der Waals surface area contributed by atoms with Gasteiger partial charge in [-0.1, -0.05) is 23.8 Å². The average molecular weight is 193 g/mol. The number of hydrogen-bond acceptors (Lipinski definition) is 2. The van der Waals surface area contributed by atoms with E-state index in [2.05, 4.69) is 32.0 Å². The first-order chi connectivity index (χ1) is 6.74. The molecule has 1 rings (SSSR count). The minimum Gasteiger partial charge on any atom is -0.380 e. The lowest BCUT2D eigenvalue weighted by molar-refractivity contribution is 0.144. The van der Waals surface area contributed by atoms with Gasteiger partial charge < -0.3 is 10.5 Å². The van der Waals surface area contributed by atoms with Crippen LogP contribution in [0.5, 0.6) is 0 Å². The van der Waals surface area contributed by atoms with Gasteiger partial charge in [-0.05, 0) is 31.4 Å². The van der Waals surface area contributed by atoms with Crippen molar-refractivity contribution in [3.63, 3.8) is 0 Å². The molecule has 0 aliphatic heterocycles. The minimum absolute atomic E-state index is 0.604. The molecule has 0 atom stereocenters. The van der Waals surface area contributed by atoms with Crippen LogP contribution in [0, 0.1) is 13.8 Å². The Morgan fingerprint density at radius 1 is 1.21 bits per heavy atom. The predicted molar refractivity (Wildman–Crippen MR) is 59.5 cm³/mol. The molecule has 0 aliphatic carbocycles. The van der Waals surface area contributed by atoms with Gasteiger partial charge >= 0.3 is 0 Å². The fourth-order valence-corrected chi connectivity index (χ4v) is 1.44. The lowest BCUT2D eigenvalue weighted by atomic mass is 10.0. The highest BCUT2D eigenvalue weighted by Crippen LogP contribution is 2.11. The summed E-state index contributed by atoms with van der Waals surface area (Å²) in [6.45, 7) is 6.28. The van der Waals surface area contributed by atoms with E-state index < -0.39 is 0 Å². The zero-order valence-corrected chi connectivity index (χ0v) is 9.05. The number of benzene rings is 1. The molecule has 2 heteroatoms. The van der Waals surface area contributed by atoms with Crippen molar-refractivity contribution in [2.45, 2.75) is 20.3 Å². The summed E-state index contributed by atoms with van der Waals surface area (Å²) in [6.07, 6.45) is 0.980. The molecule has 0 aromatic heterocycles. The van der Waals surface area contributed by atoms with Gasteiger partial charge in [0.05, 0.1) is 13.2 Å². The molecule has 2 N–H and O–H groups in total. The molecule has 0 bridgehead atoms. The molecule has 1 aromatic carbocycles. The van der Waals surface area contributed by atoms with Crippen LogP contribution in [0.25, 0.3) is 0 Å². The maximum atomic E-state index is 5.36. The zero-order chi connectivity index (χ0) is 10.4. The van der Waals surface area contributed by atoms with Crippen LogP contribution in [0.3, 0.4) is 0 Å². The Balaban J connectivity index is 2.45. The van der Waals surface area contributed by atoms with Crippen LogP contribution in [0.2, 0.25) is 0 Å². The van der Waals surface area contributed by atoms with Crippen LogP contribution < -0.4 is 5.73 Å². The summed E-state index contributed by atoms with van der Waals surface area (Å²) in [4.78, 5) is 0. The molecular weight excluding hydrogens is 174 g/mol. The van der Waals surface area contributed by atoms with E-state index in [1.165, 1.54) is 16.7 Å². The van der Waals surface area contributed by atoms with Gasteiger partial charge in [-0.3, -0.25) is 0 Å². The molecule has 2 nitrogen and oxygen atoms in total. The molecule has 78 valence electrons. The number of nitrogens with two attached hydrogens (primary N) is 1. The van der Waals surface area contributed by atoms with E-state index in [0.29, 0.717) is 13.2 Å². The first kappa shape index (κ1) is 11.2. The monoisotopic (exact) mass is 193 g/mol. The summed E-state index contributed by atoms with van der Waals surface area (Å²) in [7, 11) is 0. The molecule has 0 unspecified atom stereocenters. The van der Waals surface area contributed by atoms with Crippen LogP contribution in [0.4, 0.5) is 0 Å². The molecule has 0 fully saturated rings. The van der Waals surface area contributed by atoms with Crippen molar-refractivity contribution >= 4 is 0 Å². The van der Waals surface area contributed by atoms with Crippen molar-refractivity contribution in [2.75, 3.05) is 19.8 Å². The van der Waals surface area contributed by atoms with E-state index in [1.54, 1.807) is 0 Å². The second kappa shape index (κ2) is 5.78. The topological polar surface area (TPSA) is 35.2 Å². The third-order valence-corrected chi connectivity index (χ3v) is 2.28. The van der Waals surface area contributed by atoms with Gasteiger partial charge in [0, 0.05) is 6.54 Å². The Bertz CT molecular complexity index is 284. The van der Waals surface area contributed by atoms with Crippen LogP contribution in [0.15, 0.2) is 18.2 Å². The molecule has 0 saturated heterocycles. The maximum absolute atomic E-state index is 5.36. The van der Waals surface area contributed by atoms with Gasteiger partial charge in [0.25, 0.3) is 0 Å². The van der Waals surface area contributed by atoms with Crippen molar-refractivity contribution in [1.29, 1.82) is 0 Å². The van der Waals surface area contributed by atoms with Crippen LogP contribution in [-0.2, 0) is 11.2 Å². The van der Waals surface area contributed by atoms with Crippen LogP contribution in [0.1, 0.15) is 16.7 Å². The van der Waals surface area contributed by atoms with Crippen molar-refractivity contribution < 1.29 is 4.74 Å². The number of rotatable bonds is 5. The zero-order valence-electron chi connectivity index (χ0n) is 9.05. The fourth-order valence-electron chi connectivity index (χ4n) is 1.44. The number of hydrogen-bond donors (Lipinski definition) is 1. The summed E-state index contributed by atoms with van der Waals surface area (Å²) in [5.74, 6) is 0. The van der Waals surface area contributed by atoms with E-state index >= 15 is 0 Å². The predicted octanol–water partition coefficient (Wildman–Crippen LogP) is 1.82. The van der Waals surface area contributed by atoms with Gasteiger partial charge in [0.15, 0.2) is 0 Å². The molecule has 0 heterocycles. The Kier molecular flexibility index (Phi) is 4.63. The smallest absolute Gasteiger partial charge is 0.0588 e. The lowest BCUT2D eigenvalue weighted by Gasteiger charge is -2.07. The van der Waals surface area contributed by atoms with E-state index in [0.717, 1.165) is 13.0 Å². The van der Waals surface area contributed by atoms with Gasteiger partial charge in [0.2, 0.25) is 0 Å². The Morgan fingerprint density at radius 2 is 2.00 bits per heavy atom. The quantitative estimate of drug-likeness (QED) is 0.724. The molecular formula is C12H19NO. The van der Waals surface area contributed by atoms with Crippen molar-refractivity contribution in [1.82, 2.24) is 0 Å². The standard InChI is InChI=1S/C12H19NO/c1-10-3-4-11(2)12(9-10)5-7-14-8-6-13/h3-4,9H,5-8,13H2,1-2H3. The largest absolute Gasteiger partial charge is 0.380 e. The molecule has 0 radical (unpaired) electrons. The van der Waals surface area contributed by atoms with Crippen LogP contribution in [-0.4, -0.2) is 19.8 Å². The molecule has 1 aromatic rings. The van der Waals surface area contributed by atoms with E-state index in [4.69, 9.17) is 10.5 Å². The van der Waals surface area contributed by atoms with Gasteiger partial charge in [-0.25, -0.2) is 0 Å². The Hall–Kier alpha value is -0.860. The SMILES string of the molecule is Cc1ccc(C)c(CCOCCN)c1. The maximum Gasteiger partial charge on any atom is 0.0588 e. The molecule has 0 aliphatic rings. The summed E-state index contributed by atoms with van der Waals surface area (Å²) in [5, 5.41) is 0. The van der Waals surface area contributed by atoms with Gasteiger partial charge in [-0.15, -0.1) is 0 Å². The number of aryl methyl sites for hydroxylation is 2. The first-order valence-corrected chi connectivity index (χ1v) is 5.08. The highest BCUT2D eigenvalue weighted by atomic mass is 16.5. The summed E-state index contributed by atoms with van der Waals surface area (Å²) < 4.78 is 5.36. The molecule has 14 heavy (non-hydrogen) atoms. The second-order valence-electron chi connectivity index (χ2n) is 3.58. The summed E-state index contributed by atoms with van der Waals surface area (Å²) in [6, 6.07) is 6.52. The molecule has 0 amide bonds. The lowest BCUT2D eigenvalue weighted by Crippen LogP contribution is -2.10. The number of ether oxygens (including phenoxy) is 1. The van der Waals surface area contributed by atoms with E-state index in [-0.39, 0.29) is 0 Å². The third kappa shape index (κ3) is 3.48. The Labute approximate surface area is 86.1 Å². The van der Waals surface area contributed by atoms with E-state index in [9.17, 15) is 0 Å². The average Bonchev–Trinajstić information content (AvgIpc) is 2.18. The second-order valence-corrected chi connectivity index (χ2v) is 3.58. The molecule has 0 spiro atoms. The molecule has 0 saturated carbocycles. The Morgan fingerprint density at radius 3 is 2.71 bits per heavy atom. The highest BCUT2D eigenvalue weighted by Gasteiger charge is 1.98. The van der Waals surface area contributed by atoms with Crippen molar-refractivity contribution in [2.24, 2.45) is 5.73 Å². The highest BCUT2D eigenvalue weighted by molar-refractivity contribution is 5.30. The first-order valence-electron chi connectivity index (χ1n) is 5.08.